The van der Waals surface area contributed by atoms with Crippen molar-refractivity contribution in [1.29, 1.82) is 0 Å². The summed E-state index contributed by atoms with van der Waals surface area (Å²) in [4.78, 5) is 7.01. The number of aliphatic imine (C=N–C) groups is 1. The van der Waals surface area contributed by atoms with Crippen molar-refractivity contribution in [3.05, 3.63) is 60.1 Å². The number of aliphatic hydroxyl groups is 1. The van der Waals surface area contributed by atoms with Crippen LogP contribution in [-0.4, -0.2) is 48.7 Å². The summed E-state index contributed by atoms with van der Waals surface area (Å²) in [5.74, 6) is 1.19. The van der Waals surface area contributed by atoms with E-state index in [4.69, 9.17) is 4.42 Å². The predicted molar refractivity (Wildman–Crippen MR) is 130 cm³/mol. The van der Waals surface area contributed by atoms with Crippen LogP contribution in [0.3, 0.4) is 0 Å². The molecular formula is C22H35IN4O2. The molecule has 1 aromatic carbocycles. The van der Waals surface area contributed by atoms with E-state index in [2.05, 4.69) is 58.6 Å². The number of rotatable bonds is 10. The van der Waals surface area contributed by atoms with E-state index in [1.54, 1.807) is 25.3 Å². The van der Waals surface area contributed by atoms with Gasteiger partial charge in [0.15, 0.2) is 5.96 Å². The standard InChI is InChI=1S/C22H34N4O2.HI/c1-5-23-21(25-17-22(4,27)20-14-11-15-28-20)24-16-19(26(6-2)7-3)18-12-9-8-10-13-18;/h8-15,19,27H,5-7,16-17H2,1-4H3,(H2,23,24,25);1H. The maximum atomic E-state index is 10.6. The maximum absolute atomic E-state index is 10.6. The summed E-state index contributed by atoms with van der Waals surface area (Å²) in [6, 6.07) is 14.3. The number of hydrogen-bond acceptors (Lipinski definition) is 4. The van der Waals surface area contributed by atoms with Crippen molar-refractivity contribution in [2.75, 3.05) is 32.7 Å². The van der Waals surface area contributed by atoms with Crippen LogP contribution in [0.15, 0.2) is 58.1 Å². The lowest BCUT2D eigenvalue weighted by atomic mass is 10.0. The van der Waals surface area contributed by atoms with Gasteiger partial charge in [-0.1, -0.05) is 44.2 Å². The molecule has 2 unspecified atom stereocenters. The Hall–Kier alpha value is -1.58. The second-order valence-electron chi connectivity index (χ2n) is 6.97. The van der Waals surface area contributed by atoms with Crippen LogP contribution in [0, 0.1) is 0 Å². The van der Waals surface area contributed by atoms with Crippen LogP contribution in [0.25, 0.3) is 0 Å². The summed E-state index contributed by atoms with van der Waals surface area (Å²) in [7, 11) is 0. The van der Waals surface area contributed by atoms with Gasteiger partial charge in [-0.25, -0.2) is 4.99 Å². The fourth-order valence-electron chi connectivity index (χ4n) is 3.23. The van der Waals surface area contributed by atoms with Gasteiger partial charge in [-0.05, 0) is 44.6 Å². The maximum Gasteiger partial charge on any atom is 0.191 e. The van der Waals surface area contributed by atoms with E-state index in [1.165, 1.54) is 5.56 Å². The van der Waals surface area contributed by atoms with Crippen molar-refractivity contribution < 1.29 is 9.52 Å². The van der Waals surface area contributed by atoms with Crippen LogP contribution < -0.4 is 10.6 Å². The highest BCUT2D eigenvalue weighted by Gasteiger charge is 2.26. The second-order valence-corrected chi connectivity index (χ2v) is 6.97. The summed E-state index contributed by atoms with van der Waals surface area (Å²) in [5, 5.41) is 17.3. The van der Waals surface area contributed by atoms with Crippen LogP contribution in [0.2, 0.25) is 0 Å². The van der Waals surface area contributed by atoms with E-state index < -0.39 is 5.60 Å². The number of likely N-dealkylation sites (N-methyl/N-ethyl adjacent to an activating group) is 1. The van der Waals surface area contributed by atoms with Crippen molar-refractivity contribution in [2.24, 2.45) is 4.99 Å². The zero-order valence-corrected chi connectivity index (χ0v) is 20.2. The van der Waals surface area contributed by atoms with Crippen LogP contribution >= 0.6 is 24.0 Å². The molecule has 0 amide bonds. The van der Waals surface area contributed by atoms with E-state index in [9.17, 15) is 5.11 Å². The molecule has 0 aliphatic heterocycles. The molecule has 0 aliphatic carbocycles. The fourth-order valence-corrected chi connectivity index (χ4v) is 3.23. The number of benzene rings is 1. The topological polar surface area (TPSA) is 73.0 Å². The molecule has 0 bridgehead atoms. The number of furan rings is 1. The average Bonchev–Trinajstić information content (AvgIpc) is 3.26. The Labute approximate surface area is 191 Å². The van der Waals surface area contributed by atoms with Gasteiger partial charge >= 0.3 is 0 Å². The number of nitrogens with one attached hydrogen (secondary N) is 2. The molecule has 3 N–H and O–H groups in total. The Balaban J connectivity index is 0.00000420. The van der Waals surface area contributed by atoms with E-state index in [0.29, 0.717) is 11.7 Å². The Morgan fingerprint density at radius 1 is 1.10 bits per heavy atom. The molecule has 0 fully saturated rings. The first-order valence-corrected chi connectivity index (χ1v) is 10.1. The summed E-state index contributed by atoms with van der Waals surface area (Å²) in [6.07, 6.45) is 1.56. The molecule has 0 spiro atoms. The smallest absolute Gasteiger partial charge is 0.191 e. The van der Waals surface area contributed by atoms with Crippen molar-refractivity contribution in [1.82, 2.24) is 15.5 Å². The Kier molecular flexibility index (Phi) is 11.3. The average molecular weight is 514 g/mol. The van der Waals surface area contributed by atoms with Crippen LogP contribution in [0.1, 0.15) is 45.1 Å². The van der Waals surface area contributed by atoms with E-state index in [-0.39, 0.29) is 36.6 Å². The zero-order chi connectivity index (χ0) is 20.4. The van der Waals surface area contributed by atoms with E-state index in [1.807, 2.05) is 13.0 Å². The highest BCUT2D eigenvalue weighted by atomic mass is 127. The zero-order valence-electron chi connectivity index (χ0n) is 17.9. The first kappa shape index (κ1) is 25.5. The molecule has 162 valence electrons. The van der Waals surface area contributed by atoms with E-state index >= 15 is 0 Å². The second kappa shape index (κ2) is 12.9. The summed E-state index contributed by atoms with van der Waals surface area (Å²) >= 11 is 0. The molecule has 0 radical (unpaired) electrons. The third kappa shape index (κ3) is 7.64. The van der Waals surface area contributed by atoms with Gasteiger partial charge in [-0.2, -0.15) is 0 Å². The molecule has 2 atom stereocenters. The molecular weight excluding hydrogens is 479 g/mol. The molecule has 0 saturated heterocycles. The van der Waals surface area contributed by atoms with E-state index in [0.717, 1.165) is 26.2 Å². The molecule has 0 aliphatic rings. The lowest BCUT2D eigenvalue weighted by Gasteiger charge is -2.31. The molecule has 0 saturated carbocycles. The summed E-state index contributed by atoms with van der Waals surface area (Å²) in [5.41, 5.74) is 0.126. The minimum Gasteiger partial charge on any atom is -0.466 e. The van der Waals surface area contributed by atoms with Crippen LogP contribution in [0.5, 0.6) is 0 Å². The van der Waals surface area contributed by atoms with Crippen molar-refractivity contribution >= 4 is 29.9 Å². The predicted octanol–water partition coefficient (Wildman–Crippen LogP) is 3.74. The largest absolute Gasteiger partial charge is 0.466 e. The monoisotopic (exact) mass is 514 g/mol. The summed E-state index contributed by atoms with van der Waals surface area (Å²) in [6.45, 7) is 11.7. The number of halogens is 1. The Bertz CT molecular complexity index is 701. The Morgan fingerprint density at radius 2 is 1.79 bits per heavy atom. The van der Waals surface area contributed by atoms with Gasteiger partial charge < -0.3 is 20.2 Å². The SMILES string of the molecule is CCNC(=NCC(C)(O)c1ccco1)NCC(c1ccccc1)N(CC)CC.I. The summed E-state index contributed by atoms with van der Waals surface area (Å²) < 4.78 is 5.34. The van der Waals surface area contributed by atoms with Gasteiger partial charge in [-0.3, -0.25) is 4.90 Å². The van der Waals surface area contributed by atoms with Crippen molar-refractivity contribution in [3.8, 4) is 0 Å². The van der Waals surface area contributed by atoms with Gasteiger partial charge in [0.25, 0.3) is 0 Å². The van der Waals surface area contributed by atoms with Crippen LogP contribution in [-0.2, 0) is 5.60 Å². The molecule has 1 aromatic heterocycles. The van der Waals surface area contributed by atoms with Crippen LogP contribution in [0.4, 0.5) is 0 Å². The highest BCUT2D eigenvalue weighted by Crippen LogP contribution is 2.21. The van der Waals surface area contributed by atoms with Gasteiger partial charge in [-0.15, -0.1) is 24.0 Å². The molecule has 1 heterocycles. The quantitative estimate of drug-likeness (QED) is 0.256. The molecule has 7 heteroatoms. The number of guanidine groups is 1. The van der Waals surface area contributed by atoms with Gasteiger partial charge in [0.1, 0.15) is 11.4 Å². The van der Waals surface area contributed by atoms with Crippen molar-refractivity contribution in [2.45, 2.75) is 39.3 Å². The first-order valence-electron chi connectivity index (χ1n) is 10.1. The fraction of sp³-hybridized carbons (Fsp3) is 0.500. The number of nitrogens with zero attached hydrogens (tertiary/aromatic N) is 2. The van der Waals surface area contributed by atoms with Gasteiger partial charge in [0, 0.05) is 13.1 Å². The first-order chi connectivity index (χ1) is 13.5. The normalized spacial score (nSPS) is 14.8. The van der Waals surface area contributed by atoms with Gasteiger partial charge in [0.05, 0.1) is 18.8 Å². The third-order valence-electron chi connectivity index (χ3n) is 4.84. The molecule has 2 aromatic rings. The Morgan fingerprint density at radius 3 is 2.34 bits per heavy atom. The van der Waals surface area contributed by atoms with Gasteiger partial charge in [0.2, 0.25) is 0 Å². The third-order valence-corrected chi connectivity index (χ3v) is 4.84. The molecule has 6 nitrogen and oxygen atoms in total. The lowest BCUT2D eigenvalue weighted by Crippen LogP contribution is -2.44. The minimum absolute atomic E-state index is 0. The number of hydrogen-bond donors (Lipinski definition) is 3. The lowest BCUT2D eigenvalue weighted by molar-refractivity contribution is 0.0437. The molecule has 2 rings (SSSR count). The highest BCUT2D eigenvalue weighted by molar-refractivity contribution is 14.0. The van der Waals surface area contributed by atoms with Crippen molar-refractivity contribution in [3.63, 3.8) is 0 Å². The molecule has 29 heavy (non-hydrogen) atoms. The minimum atomic E-state index is -1.15.